The number of aryl methyl sites for hydroxylation is 3. The maximum atomic E-state index is 11.1. The summed E-state index contributed by atoms with van der Waals surface area (Å²) in [4.78, 5) is 40.5. The first-order valence-corrected chi connectivity index (χ1v) is 10.00. The molecule has 172 valence electrons. The molecule has 0 amide bonds. The highest BCUT2D eigenvalue weighted by Gasteiger charge is 2.13. The minimum absolute atomic E-state index is 0.133. The standard InChI is InChI=1S/C11H12N2O4.C11H16N2O2/c1-3-17-11(14)5-4-9-10(13(15)16)6-8(2)7-12-9;1-3-15-11(14)5-4-10-9(12)6-8(2)7-13-10/h4-7H,3H2,1-2H3;6-7H,3-5,12H2,1-2H3/b5-4+;. The lowest BCUT2D eigenvalue weighted by atomic mass is 10.1. The zero-order chi connectivity index (χ0) is 24.1. The number of pyridine rings is 2. The second-order valence-electron chi connectivity index (χ2n) is 6.61. The van der Waals surface area contributed by atoms with Crippen LogP contribution < -0.4 is 5.73 Å². The van der Waals surface area contributed by atoms with Gasteiger partial charge in [-0.1, -0.05) is 0 Å². The molecule has 10 nitrogen and oxygen atoms in total. The molecule has 0 fully saturated rings. The number of nitrogen functional groups attached to an aromatic ring is 1. The second-order valence-corrected chi connectivity index (χ2v) is 6.61. The summed E-state index contributed by atoms with van der Waals surface area (Å²) in [5, 5.41) is 10.8. The molecule has 32 heavy (non-hydrogen) atoms. The van der Waals surface area contributed by atoms with Crippen LogP contribution in [-0.4, -0.2) is 40.0 Å². The van der Waals surface area contributed by atoms with Gasteiger partial charge in [-0.05, 0) is 51.0 Å². The van der Waals surface area contributed by atoms with E-state index in [9.17, 15) is 19.7 Å². The fraction of sp³-hybridized carbons (Fsp3) is 0.364. The van der Waals surface area contributed by atoms with Gasteiger partial charge in [0.15, 0.2) is 0 Å². The number of anilines is 1. The van der Waals surface area contributed by atoms with Gasteiger partial charge in [0.25, 0.3) is 5.69 Å². The summed E-state index contributed by atoms with van der Waals surface area (Å²) in [5.74, 6) is -0.761. The lowest BCUT2D eigenvalue weighted by Gasteiger charge is -2.05. The Bertz CT molecular complexity index is 975. The highest BCUT2D eigenvalue weighted by Crippen LogP contribution is 2.18. The first-order chi connectivity index (χ1) is 15.2. The van der Waals surface area contributed by atoms with E-state index in [1.807, 2.05) is 13.0 Å². The average molecular weight is 444 g/mol. The number of aromatic nitrogens is 2. The van der Waals surface area contributed by atoms with Gasteiger partial charge in [0, 0.05) is 31.0 Å². The van der Waals surface area contributed by atoms with E-state index in [2.05, 4.69) is 14.7 Å². The molecule has 2 N–H and O–H groups in total. The number of nitrogens with zero attached hydrogens (tertiary/aromatic N) is 3. The normalized spacial score (nSPS) is 10.2. The molecule has 2 aromatic heterocycles. The van der Waals surface area contributed by atoms with Crippen molar-refractivity contribution in [3.05, 3.63) is 63.2 Å². The van der Waals surface area contributed by atoms with E-state index < -0.39 is 10.9 Å². The number of carbonyl (C=O) groups excluding carboxylic acids is 2. The number of nitro groups is 1. The fourth-order valence-corrected chi connectivity index (χ4v) is 2.46. The SMILES string of the molecule is CCOC(=O)/C=C/c1ncc(C)cc1[N+](=O)[O-].CCOC(=O)CCc1ncc(C)cc1N. The molecule has 0 unspecified atom stereocenters. The molecule has 0 spiro atoms. The molecule has 2 heterocycles. The van der Waals surface area contributed by atoms with Crippen molar-refractivity contribution in [1.29, 1.82) is 0 Å². The van der Waals surface area contributed by atoms with Gasteiger partial charge in [-0.15, -0.1) is 0 Å². The van der Waals surface area contributed by atoms with Crippen LogP contribution in [0, 0.1) is 24.0 Å². The van der Waals surface area contributed by atoms with Gasteiger partial charge in [0.2, 0.25) is 0 Å². The molecule has 0 saturated heterocycles. The topological polar surface area (TPSA) is 148 Å². The van der Waals surface area contributed by atoms with Gasteiger partial charge in [-0.3, -0.25) is 19.9 Å². The Morgan fingerprint density at radius 1 is 1.09 bits per heavy atom. The molecule has 0 aliphatic rings. The third kappa shape index (κ3) is 9.33. The molecule has 10 heteroatoms. The second kappa shape index (κ2) is 13.5. The van der Waals surface area contributed by atoms with E-state index in [4.69, 9.17) is 10.5 Å². The van der Waals surface area contributed by atoms with Crippen molar-refractivity contribution >= 4 is 29.4 Å². The number of carbonyl (C=O) groups is 2. The molecular formula is C22H28N4O6. The average Bonchev–Trinajstić information content (AvgIpc) is 2.73. The summed E-state index contributed by atoms with van der Waals surface area (Å²) in [6, 6.07) is 3.26. The van der Waals surface area contributed by atoms with Crippen LogP contribution in [0.4, 0.5) is 11.4 Å². The van der Waals surface area contributed by atoms with Gasteiger partial charge in [0.1, 0.15) is 5.69 Å². The number of hydrogen-bond donors (Lipinski definition) is 1. The minimum Gasteiger partial charge on any atom is -0.466 e. The van der Waals surface area contributed by atoms with Crippen molar-refractivity contribution in [3.8, 4) is 0 Å². The molecule has 0 aliphatic heterocycles. The van der Waals surface area contributed by atoms with Crippen LogP contribution >= 0.6 is 0 Å². The van der Waals surface area contributed by atoms with Crippen LogP contribution in [0.25, 0.3) is 6.08 Å². The van der Waals surface area contributed by atoms with E-state index in [0.717, 1.165) is 17.3 Å². The van der Waals surface area contributed by atoms with Crippen LogP contribution in [-0.2, 0) is 25.5 Å². The third-order valence-electron chi connectivity index (χ3n) is 3.91. The Kier molecular flexibility index (Phi) is 11.0. The van der Waals surface area contributed by atoms with Crippen LogP contribution in [0.1, 0.15) is 42.8 Å². The van der Waals surface area contributed by atoms with E-state index >= 15 is 0 Å². The summed E-state index contributed by atoms with van der Waals surface area (Å²) in [7, 11) is 0. The van der Waals surface area contributed by atoms with E-state index in [1.165, 1.54) is 18.3 Å². The van der Waals surface area contributed by atoms with Gasteiger partial charge >= 0.3 is 11.9 Å². The number of ether oxygens (including phenoxy) is 2. The lowest BCUT2D eigenvalue weighted by Crippen LogP contribution is -2.07. The Morgan fingerprint density at radius 2 is 1.72 bits per heavy atom. The van der Waals surface area contributed by atoms with E-state index in [1.54, 1.807) is 27.0 Å². The van der Waals surface area contributed by atoms with E-state index in [-0.39, 0.29) is 24.0 Å². The van der Waals surface area contributed by atoms with Crippen molar-refractivity contribution in [3.63, 3.8) is 0 Å². The van der Waals surface area contributed by atoms with Crippen molar-refractivity contribution in [2.45, 2.75) is 40.5 Å². The van der Waals surface area contributed by atoms with Crippen molar-refractivity contribution < 1.29 is 24.0 Å². The molecule has 0 radical (unpaired) electrons. The zero-order valence-electron chi connectivity index (χ0n) is 18.7. The molecule has 2 aromatic rings. The summed E-state index contributed by atoms with van der Waals surface area (Å²) in [6.45, 7) is 7.77. The van der Waals surface area contributed by atoms with Crippen LogP contribution in [0.5, 0.6) is 0 Å². The maximum absolute atomic E-state index is 11.1. The van der Waals surface area contributed by atoms with Crippen LogP contribution in [0.15, 0.2) is 30.6 Å². The van der Waals surface area contributed by atoms with Gasteiger partial charge in [0.05, 0.1) is 35.9 Å². The Labute approximate surface area is 186 Å². The van der Waals surface area contributed by atoms with Crippen molar-refractivity contribution in [1.82, 2.24) is 9.97 Å². The quantitative estimate of drug-likeness (QED) is 0.280. The minimum atomic E-state index is -0.552. The van der Waals surface area contributed by atoms with Crippen molar-refractivity contribution in [2.24, 2.45) is 0 Å². The summed E-state index contributed by atoms with van der Waals surface area (Å²) < 4.78 is 9.48. The predicted molar refractivity (Wildman–Crippen MR) is 120 cm³/mol. The van der Waals surface area contributed by atoms with Gasteiger partial charge < -0.3 is 15.2 Å². The summed E-state index contributed by atoms with van der Waals surface area (Å²) in [5.41, 5.74) is 8.87. The molecule has 0 atom stereocenters. The number of nitrogens with two attached hydrogens (primary N) is 1. The zero-order valence-corrected chi connectivity index (χ0v) is 18.7. The lowest BCUT2D eigenvalue weighted by molar-refractivity contribution is -0.385. The molecule has 0 bridgehead atoms. The van der Waals surface area contributed by atoms with Crippen LogP contribution in [0.3, 0.4) is 0 Å². The highest BCUT2D eigenvalue weighted by atomic mass is 16.6. The molecule has 2 rings (SSSR count). The van der Waals surface area contributed by atoms with Crippen molar-refractivity contribution in [2.75, 3.05) is 18.9 Å². The van der Waals surface area contributed by atoms with Gasteiger partial charge in [-0.25, -0.2) is 9.78 Å². The Morgan fingerprint density at radius 3 is 2.31 bits per heavy atom. The fourth-order valence-electron chi connectivity index (χ4n) is 2.46. The Hall–Kier alpha value is -3.82. The first kappa shape index (κ1) is 26.2. The molecular weight excluding hydrogens is 416 g/mol. The Balaban J connectivity index is 0.000000323. The number of rotatable bonds is 8. The summed E-state index contributed by atoms with van der Waals surface area (Å²) in [6.07, 6.45) is 6.50. The molecule has 0 aromatic carbocycles. The highest BCUT2D eigenvalue weighted by molar-refractivity contribution is 5.87. The summed E-state index contributed by atoms with van der Waals surface area (Å²) >= 11 is 0. The van der Waals surface area contributed by atoms with Crippen LogP contribution in [0.2, 0.25) is 0 Å². The largest absolute Gasteiger partial charge is 0.466 e. The molecule has 0 aliphatic carbocycles. The monoisotopic (exact) mass is 444 g/mol. The smallest absolute Gasteiger partial charge is 0.330 e. The maximum Gasteiger partial charge on any atom is 0.330 e. The molecule has 0 saturated carbocycles. The predicted octanol–water partition coefficient (Wildman–Crippen LogP) is 3.34. The number of hydrogen-bond acceptors (Lipinski definition) is 9. The number of esters is 2. The van der Waals surface area contributed by atoms with E-state index in [0.29, 0.717) is 30.7 Å². The third-order valence-corrected chi connectivity index (χ3v) is 3.91. The first-order valence-electron chi connectivity index (χ1n) is 10.00. The van der Waals surface area contributed by atoms with Gasteiger partial charge in [-0.2, -0.15) is 0 Å².